The smallest absolute Gasteiger partial charge is 0.206 e. The molecule has 0 saturated carbocycles. The molecule has 71 valence electrons. The zero-order chi connectivity index (χ0) is 9.90. The topological polar surface area (TPSA) is 0 Å². The maximum atomic E-state index is 13.2. The van der Waals surface area contributed by atoms with E-state index in [0.717, 1.165) is 6.42 Å². The molecular weight excluding hydrogens is 170 g/mol. The van der Waals surface area contributed by atoms with E-state index >= 15 is 0 Å². The van der Waals surface area contributed by atoms with Crippen LogP contribution in [-0.4, -0.2) is 5.92 Å². The summed E-state index contributed by atoms with van der Waals surface area (Å²) in [6.45, 7) is 3.03. The minimum absolute atomic E-state index is 0.571. The van der Waals surface area contributed by atoms with E-state index in [4.69, 9.17) is 0 Å². The van der Waals surface area contributed by atoms with Crippen LogP contribution in [0.1, 0.15) is 19.4 Å². The van der Waals surface area contributed by atoms with Gasteiger partial charge in [-0.15, -0.1) is 0 Å². The Balaban J connectivity index is 2.69. The Morgan fingerprint density at radius 2 is 1.69 bits per heavy atom. The lowest BCUT2D eigenvalue weighted by atomic mass is 9.98. The van der Waals surface area contributed by atoms with Gasteiger partial charge in [0.15, 0.2) is 0 Å². The normalized spacial score (nSPS) is 12.1. The fourth-order valence-corrected chi connectivity index (χ4v) is 0.938. The van der Waals surface area contributed by atoms with Gasteiger partial charge in [-0.1, -0.05) is 44.2 Å². The van der Waals surface area contributed by atoms with Crippen molar-refractivity contribution in [3.05, 3.63) is 42.3 Å². The molecular formula is C11H13F2. The summed E-state index contributed by atoms with van der Waals surface area (Å²) >= 11 is 0. The van der Waals surface area contributed by atoms with Gasteiger partial charge < -0.3 is 0 Å². The molecule has 1 aromatic rings. The first kappa shape index (κ1) is 10.2. The van der Waals surface area contributed by atoms with E-state index in [1.165, 1.54) is 13.8 Å². The highest BCUT2D eigenvalue weighted by atomic mass is 19.3. The summed E-state index contributed by atoms with van der Waals surface area (Å²) in [7, 11) is 0. The van der Waals surface area contributed by atoms with Gasteiger partial charge >= 0.3 is 0 Å². The molecule has 0 aliphatic carbocycles. The van der Waals surface area contributed by atoms with E-state index in [-0.39, 0.29) is 0 Å². The van der Waals surface area contributed by atoms with Gasteiger partial charge in [0.2, 0.25) is 0 Å². The fourth-order valence-electron chi connectivity index (χ4n) is 0.938. The second kappa shape index (κ2) is 3.86. The van der Waals surface area contributed by atoms with Crippen molar-refractivity contribution in [3.8, 4) is 0 Å². The Morgan fingerprint density at radius 3 is 2.15 bits per heavy atom. The van der Waals surface area contributed by atoms with Crippen LogP contribution in [0.2, 0.25) is 0 Å². The molecule has 0 amide bonds. The molecule has 2 heteroatoms. The molecule has 0 heterocycles. The number of benzene rings is 1. The quantitative estimate of drug-likeness (QED) is 0.672. The van der Waals surface area contributed by atoms with Crippen molar-refractivity contribution in [3.63, 3.8) is 0 Å². The maximum absolute atomic E-state index is 13.2. The van der Waals surface area contributed by atoms with Crippen molar-refractivity contribution in [2.45, 2.75) is 19.8 Å². The van der Waals surface area contributed by atoms with E-state index in [1.54, 1.807) is 24.3 Å². The van der Waals surface area contributed by atoms with Crippen molar-refractivity contribution in [1.82, 2.24) is 0 Å². The lowest BCUT2D eigenvalue weighted by Crippen LogP contribution is -2.24. The Morgan fingerprint density at radius 1 is 1.15 bits per heavy atom. The molecule has 1 radical (unpaired) electrons. The van der Waals surface area contributed by atoms with Crippen molar-refractivity contribution < 1.29 is 8.78 Å². The van der Waals surface area contributed by atoms with Crippen molar-refractivity contribution in [2.24, 2.45) is 5.92 Å². The fraction of sp³-hybridized carbons (Fsp3) is 0.364. The van der Waals surface area contributed by atoms with Crippen LogP contribution in [-0.2, 0) is 0 Å². The van der Waals surface area contributed by atoms with E-state index in [9.17, 15) is 8.78 Å². The number of rotatable bonds is 3. The second-order valence-corrected chi connectivity index (χ2v) is 3.38. The minimum Gasteiger partial charge on any atom is -0.206 e. The predicted molar refractivity (Wildman–Crippen MR) is 49.6 cm³/mol. The van der Waals surface area contributed by atoms with E-state index in [1.807, 2.05) is 6.07 Å². The Hall–Kier alpha value is -0.920. The summed E-state index contributed by atoms with van der Waals surface area (Å²) in [5, 5.41) is 0. The molecule has 0 saturated heterocycles. The molecule has 0 atom stereocenters. The third-order valence-electron chi connectivity index (χ3n) is 1.93. The van der Waals surface area contributed by atoms with Crippen LogP contribution in [0.4, 0.5) is 8.78 Å². The Labute approximate surface area is 77.6 Å². The molecule has 0 nitrogen and oxygen atoms in total. The van der Waals surface area contributed by atoms with Gasteiger partial charge in [0.1, 0.15) is 0 Å². The van der Waals surface area contributed by atoms with Crippen LogP contribution in [0, 0.1) is 12.3 Å². The predicted octanol–water partition coefficient (Wildman–Crippen LogP) is 3.53. The molecule has 0 unspecified atom stereocenters. The number of halogens is 2. The highest BCUT2D eigenvalue weighted by molar-refractivity contribution is 5.25. The van der Waals surface area contributed by atoms with Gasteiger partial charge in [-0.05, 0) is 5.56 Å². The van der Waals surface area contributed by atoms with Crippen LogP contribution in [0.3, 0.4) is 0 Å². The van der Waals surface area contributed by atoms with Gasteiger partial charge in [0.25, 0.3) is 5.92 Å². The summed E-state index contributed by atoms with van der Waals surface area (Å²) in [6.07, 6.45) is 1.01. The summed E-state index contributed by atoms with van der Waals surface area (Å²) in [5.74, 6) is -3.38. The Bertz CT molecular complexity index is 252. The number of hydrogen-bond donors (Lipinski definition) is 0. The SMILES string of the molecule is CC(C)C(F)(F)[CH]c1ccccc1. The first-order chi connectivity index (χ1) is 6.02. The van der Waals surface area contributed by atoms with Gasteiger partial charge in [-0.25, -0.2) is 8.78 Å². The minimum atomic E-state index is -2.72. The third-order valence-corrected chi connectivity index (χ3v) is 1.93. The summed E-state index contributed by atoms with van der Waals surface area (Å²) in [5.41, 5.74) is 0.571. The molecule has 0 spiro atoms. The highest BCUT2D eigenvalue weighted by Crippen LogP contribution is 2.29. The lowest BCUT2D eigenvalue weighted by Gasteiger charge is -2.19. The zero-order valence-electron chi connectivity index (χ0n) is 7.80. The van der Waals surface area contributed by atoms with Crippen LogP contribution >= 0.6 is 0 Å². The number of alkyl halides is 2. The summed E-state index contributed by atoms with van der Waals surface area (Å²) in [6, 6.07) is 8.67. The maximum Gasteiger partial charge on any atom is 0.257 e. The molecule has 0 bridgehead atoms. The van der Waals surface area contributed by atoms with Gasteiger partial charge in [-0.2, -0.15) is 0 Å². The molecule has 0 aliphatic rings. The Kier molecular flexibility index (Phi) is 3.02. The van der Waals surface area contributed by atoms with Gasteiger partial charge in [-0.3, -0.25) is 0 Å². The van der Waals surface area contributed by atoms with Crippen LogP contribution < -0.4 is 0 Å². The van der Waals surface area contributed by atoms with E-state index < -0.39 is 11.8 Å². The first-order valence-corrected chi connectivity index (χ1v) is 4.31. The summed E-state index contributed by atoms with van der Waals surface area (Å²) < 4.78 is 26.4. The summed E-state index contributed by atoms with van der Waals surface area (Å²) in [4.78, 5) is 0. The molecule has 1 aromatic carbocycles. The monoisotopic (exact) mass is 183 g/mol. The zero-order valence-corrected chi connectivity index (χ0v) is 7.80. The molecule has 0 aromatic heterocycles. The first-order valence-electron chi connectivity index (χ1n) is 4.31. The average molecular weight is 183 g/mol. The van der Waals surface area contributed by atoms with Crippen molar-refractivity contribution in [1.29, 1.82) is 0 Å². The molecule has 13 heavy (non-hydrogen) atoms. The number of hydrogen-bond acceptors (Lipinski definition) is 0. The van der Waals surface area contributed by atoms with Crippen LogP contribution in [0.15, 0.2) is 30.3 Å². The average Bonchev–Trinajstić information content (AvgIpc) is 2.05. The molecule has 0 aliphatic heterocycles. The lowest BCUT2D eigenvalue weighted by molar-refractivity contribution is -0.00751. The van der Waals surface area contributed by atoms with Crippen molar-refractivity contribution >= 4 is 0 Å². The van der Waals surface area contributed by atoms with Crippen LogP contribution in [0.25, 0.3) is 0 Å². The third kappa shape index (κ3) is 2.79. The van der Waals surface area contributed by atoms with E-state index in [2.05, 4.69) is 0 Å². The van der Waals surface area contributed by atoms with Gasteiger partial charge in [0, 0.05) is 5.92 Å². The molecule has 1 rings (SSSR count). The van der Waals surface area contributed by atoms with Crippen molar-refractivity contribution in [2.75, 3.05) is 0 Å². The largest absolute Gasteiger partial charge is 0.257 e. The molecule has 0 fully saturated rings. The van der Waals surface area contributed by atoms with Crippen LogP contribution in [0.5, 0.6) is 0 Å². The van der Waals surface area contributed by atoms with Gasteiger partial charge in [0.05, 0.1) is 6.42 Å². The molecule has 0 N–H and O–H groups in total. The highest BCUT2D eigenvalue weighted by Gasteiger charge is 2.33. The standard InChI is InChI=1S/C11H13F2/c1-9(2)11(12,13)8-10-6-4-3-5-7-10/h3-9H,1-2H3. The second-order valence-electron chi connectivity index (χ2n) is 3.38. The van der Waals surface area contributed by atoms with E-state index in [0.29, 0.717) is 5.56 Å².